The van der Waals surface area contributed by atoms with E-state index in [4.69, 9.17) is 9.47 Å². The first kappa shape index (κ1) is 40.1. The van der Waals surface area contributed by atoms with Crippen LogP contribution in [0.15, 0.2) is 12.5 Å². The summed E-state index contributed by atoms with van der Waals surface area (Å²) in [6.45, 7) is 10.4. The minimum Gasteiger partial charge on any atom is -0.463 e. The Balaban J connectivity index is 2.26. The van der Waals surface area contributed by atoms with Crippen LogP contribution >= 0.6 is 0 Å². The van der Waals surface area contributed by atoms with Gasteiger partial charge in [-0.15, -0.1) is 0 Å². The van der Waals surface area contributed by atoms with Gasteiger partial charge in [-0.1, -0.05) is 117 Å². The van der Waals surface area contributed by atoms with Gasteiger partial charge >= 0.3 is 11.9 Å². The maximum absolute atomic E-state index is 12.6. The van der Waals surface area contributed by atoms with Crippen LogP contribution in [0.4, 0.5) is 0 Å². The summed E-state index contributed by atoms with van der Waals surface area (Å²) in [6.07, 6.45) is 30.0. The molecule has 2 atom stereocenters. The number of aromatic nitrogens is 2. The van der Waals surface area contributed by atoms with Crippen LogP contribution in [0.3, 0.4) is 0 Å². The van der Waals surface area contributed by atoms with Crippen LogP contribution in [-0.4, -0.2) is 58.6 Å². The van der Waals surface area contributed by atoms with Crippen molar-refractivity contribution in [2.75, 3.05) is 19.6 Å². The number of nitrogens with one attached hydrogen (secondary N) is 1. The van der Waals surface area contributed by atoms with Crippen molar-refractivity contribution in [1.29, 1.82) is 0 Å². The Morgan fingerprint density at radius 2 is 1.07 bits per heavy atom. The molecular formula is C37H69N3O4. The van der Waals surface area contributed by atoms with Gasteiger partial charge in [0, 0.05) is 32.3 Å². The molecule has 7 heteroatoms. The average Bonchev–Trinajstić information content (AvgIpc) is 3.53. The first-order chi connectivity index (χ1) is 21.4. The summed E-state index contributed by atoms with van der Waals surface area (Å²) in [6, 6.07) is 0. The SMILES string of the molecule is CCCCCCCCCCCC(C)OC(=O)CCN(CCC(=O)OC(C)CCCCCCCCCCC)CCc1c[nH]cn1. The van der Waals surface area contributed by atoms with E-state index in [1.807, 2.05) is 20.0 Å². The number of rotatable bonds is 31. The van der Waals surface area contributed by atoms with Crippen molar-refractivity contribution in [3.63, 3.8) is 0 Å². The van der Waals surface area contributed by atoms with Gasteiger partial charge in [0.1, 0.15) is 0 Å². The molecule has 0 fully saturated rings. The molecule has 0 spiro atoms. The number of carbonyl (C=O) groups is 2. The molecule has 2 unspecified atom stereocenters. The predicted octanol–water partition coefficient (Wildman–Crippen LogP) is 9.74. The maximum atomic E-state index is 12.6. The number of ether oxygens (including phenoxy) is 2. The summed E-state index contributed by atoms with van der Waals surface area (Å²) < 4.78 is 11.4. The molecule has 1 heterocycles. The van der Waals surface area contributed by atoms with Crippen molar-refractivity contribution in [3.8, 4) is 0 Å². The van der Waals surface area contributed by atoms with E-state index >= 15 is 0 Å². The molecule has 0 saturated carbocycles. The Kier molecular flexibility index (Phi) is 26.1. The summed E-state index contributed by atoms with van der Waals surface area (Å²) in [5.74, 6) is -0.314. The Hall–Kier alpha value is -1.89. The van der Waals surface area contributed by atoms with Crippen molar-refractivity contribution in [3.05, 3.63) is 18.2 Å². The molecule has 0 aliphatic carbocycles. The number of unbranched alkanes of at least 4 members (excludes halogenated alkanes) is 16. The van der Waals surface area contributed by atoms with Crippen LogP contribution in [0.25, 0.3) is 0 Å². The average molecular weight is 620 g/mol. The van der Waals surface area contributed by atoms with Crippen molar-refractivity contribution in [2.45, 2.75) is 188 Å². The molecule has 0 amide bonds. The van der Waals surface area contributed by atoms with E-state index < -0.39 is 0 Å². The largest absolute Gasteiger partial charge is 0.463 e. The third-order valence-electron chi connectivity index (χ3n) is 8.60. The normalized spacial score (nSPS) is 12.8. The molecule has 1 rings (SSSR count). The topological polar surface area (TPSA) is 84.5 Å². The summed E-state index contributed by atoms with van der Waals surface area (Å²) in [5, 5.41) is 0. The highest BCUT2D eigenvalue weighted by molar-refractivity contribution is 5.70. The quantitative estimate of drug-likeness (QED) is 0.0658. The number of nitrogens with zero attached hydrogens (tertiary/aromatic N) is 2. The number of esters is 2. The summed E-state index contributed by atoms with van der Waals surface area (Å²) >= 11 is 0. The molecular weight excluding hydrogens is 550 g/mol. The molecule has 0 aliphatic heterocycles. The number of imidazole rings is 1. The third-order valence-corrected chi connectivity index (χ3v) is 8.60. The van der Waals surface area contributed by atoms with Crippen LogP contribution in [0.5, 0.6) is 0 Å². The van der Waals surface area contributed by atoms with Crippen LogP contribution in [0.2, 0.25) is 0 Å². The van der Waals surface area contributed by atoms with Crippen LogP contribution in [0, 0.1) is 0 Å². The molecule has 0 radical (unpaired) electrons. The van der Waals surface area contributed by atoms with Gasteiger partial charge < -0.3 is 19.4 Å². The number of hydrogen-bond acceptors (Lipinski definition) is 6. The van der Waals surface area contributed by atoms with Gasteiger partial charge in [0.25, 0.3) is 0 Å². The molecule has 1 N–H and O–H groups in total. The third kappa shape index (κ3) is 24.4. The Labute approximate surface area is 271 Å². The second-order valence-electron chi connectivity index (χ2n) is 13.0. The minimum atomic E-state index is -0.157. The second-order valence-corrected chi connectivity index (χ2v) is 13.0. The Morgan fingerprint density at radius 3 is 1.45 bits per heavy atom. The van der Waals surface area contributed by atoms with Crippen LogP contribution < -0.4 is 0 Å². The lowest BCUT2D eigenvalue weighted by Crippen LogP contribution is -2.32. The van der Waals surface area contributed by atoms with Crippen LogP contribution in [0.1, 0.15) is 175 Å². The second kappa shape index (κ2) is 28.6. The van der Waals surface area contributed by atoms with Crippen molar-refractivity contribution in [1.82, 2.24) is 14.9 Å². The summed E-state index contributed by atoms with van der Waals surface area (Å²) in [7, 11) is 0. The Bertz CT molecular complexity index is 740. The zero-order chi connectivity index (χ0) is 32.1. The van der Waals surface area contributed by atoms with E-state index in [1.54, 1.807) is 6.33 Å². The fraction of sp³-hybridized carbons (Fsp3) is 0.865. The number of H-pyrrole nitrogens is 1. The van der Waals surface area contributed by atoms with E-state index in [2.05, 4.69) is 28.7 Å². The molecule has 7 nitrogen and oxygen atoms in total. The van der Waals surface area contributed by atoms with Gasteiger partial charge in [-0.3, -0.25) is 9.59 Å². The molecule has 1 aromatic rings. The lowest BCUT2D eigenvalue weighted by molar-refractivity contribution is -0.149. The molecule has 0 bridgehead atoms. The maximum Gasteiger partial charge on any atom is 0.307 e. The number of hydrogen-bond donors (Lipinski definition) is 1. The molecule has 0 saturated heterocycles. The van der Waals surface area contributed by atoms with E-state index in [1.165, 1.54) is 103 Å². The van der Waals surface area contributed by atoms with Gasteiger partial charge in [-0.25, -0.2) is 4.98 Å². The van der Waals surface area contributed by atoms with E-state index in [-0.39, 0.29) is 24.1 Å². The zero-order valence-corrected chi connectivity index (χ0v) is 29.2. The number of carbonyl (C=O) groups excluding carboxylic acids is 2. The van der Waals surface area contributed by atoms with Gasteiger partial charge in [0.05, 0.1) is 37.1 Å². The first-order valence-corrected chi connectivity index (χ1v) is 18.5. The standard InChI is InChI=1S/C37H69N3O4/c1-5-7-9-11-13-15-17-19-21-23-33(3)43-36(41)26-29-40(28-25-35-31-38-32-39-35)30-27-37(42)44-34(4)24-22-20-18-16-14-12-10-8-6-2/h31-34H,5-30H2,1-4H3,(H,38,39). The van der Waals surface area contributed by atoms with E-state index in [9.17, 15) is 9.59 Å². The predicted molar refractivity (Wildman–Crippen MR) is 183 cm³/mol. The lowest BCUT2D eigenvalue weighted by Gasteiger charge is -2.22. The van der Waals surface area contributed by atoms with Gasteiger partial charge in [0.2, 0.25) is 0 Å². The highest BCUT2D eigenvalue weighted by Crippen LogP contribution is 2.14. The van der Waals surface area contributed by atoms with Crippen LogP contribution in [-0.2, 0) is 25.5 Å². The van der Waals surface area contributed by atoms with Crippen molar-refractivity contribution in [2.24, 2.45) is 0 Å². The molecule has 1 aromatic heterocycles. The monoisotopic (exact) mass is 620 g/mol. The zero-order valence-electron chi connectivity index (χ0n) is 29.2. The van der Waals surface area contributed by atoms with Crippen molar-refractivity contribution >= 4 is 11.9 Å². The highest BCUT2D eigenvalue weighted by Gasteiger charge is 2.16. The highest BCUT2D eigenvalue weighted by atomic mass is 16.5. The fourth-order valence-corrected chi connectivity index (χ4v) is 5.70. The van der Waals surface area contributed by atoms with Gasteiger partial charge in [-0.05, 0) is 39.5 Å². The summed E-state index contributed by atoms with van der Waals surface area (Å²) in [5.41, 5.74) is 0.976. The first-order valence-electron chi connectivity index (χ1n) is 18.5. The molecule has 44 heavy (non-hydrogen) atoms. The van der Waals surface area contributed by atoms with E-state index in [0.29, 0.717) is 25.9 Å². The molecule has 0 aromatic carbocycles. The van der Waals surface area contributed by atoms with Crippen molar-refractivity contribution < 1.29 is 19.1 Å². The van der Waals surface area contributed by atoms with E-state index in [0.717, 1.165) is 44.3 Å². The smallest absolute Gasteiger partial charge is 0.307 e. The van der Waals surface area contributed by atoms with Gasteiger partial charge in [0.15, 0.2) is 0 Å². The lowest BCUT2D eigenvalue weighted by atomic mass is 10.1. The molecule has 0 aliphatic rings. The summed E-state index contributed by atoms with van der Waals surface area (Å²) in [4.78, 5) is 34.7. The number of aromatic amines is 1. The molecule has 256 valence electrons. The van der Waals surface area contributed by atoms with Gasteiger partial charge in [-0.2, -0.15) is 0 Å². The minimum absolute atomic E-state index is 0.0492. The fourth-order valence-electron chi connectivity index (χ4n) is 5.70. The Morgan fingerprint density at radius 1 is 0.659 bits per heavy atom.